The predicted molar refractivity (Wildman–Crippen MR) is 99.4 cm³/mol. The highest BCUT2D eigenvalue weighted by Crippen LogP contribution is 2.08. The number of carbonyl (C=O) groups excluding carboxylic acids is 1. The molecule has 27 heavy (non-hydrogen) atoms. The van der Waals surface area contributed by atoms with Gasteiger partial charge in [0.1, 0.15) is 11.6 Å². The number of benzene rings is 2. The first-order valence-electron chi connectivity index (χ1n) is 8.45. The monoisotopic (exact) mass is 396 g/mol. The maximum atomic E-state index is 12.9. The summed E-state index contributed by atoms with van der Waals surface area (Å²) in [7, 11) is -3.47. The van der Waals surface area contributed by atoms with Gasteiger partial charge in [0.2, 0.25) is 15.9 Å². The standard InChI is InChI=1S/C19H22F2N2O3S/c1-27(25,26)23(12-10-15-2-6-17(20)7-3-15)13-11-19(24)22-14-16-4-8-18(21)9-5-16/h2-9H,10-14H2,1H3,(H,22,24). The Labute approximate surface area is 158 Å². The van der Waals surface area contributed by atoms with Gasteiger partial charge in [0.25, 0.3) is 0 Å². The van der Waals surface area contributed by atoms with E-state index < -0.39 is 10.0 Å². The molecule has 0 aliphatic carbocycles. The van der Waals surface area contributed by atoms with Crippen LogP contribution in [0, 0.1) is 11.6 Å². The van der Waals surface area contributed by atoms with Crippen LogP contribution in [-0.2, 0) is 27.8 Å². The minimum atomic E-state index is -3.47. The number of hydrogen-bond acceptors (Lipinski definition) is 3. The smallest absolute Gasteiger partial charge is 0.221 e. The second-order valence-electron chi connectivity index (χ2n) is 6.19. The number of nitrogens with one attached hydrogen (secondary N) is 1. The van der Waals surface area contributed by atoms with Crippen LogP contribution in [0.5, 0.6) is 0 Å². The Hall–Kier alpha value is -2.32. The van der Waals surface area contributed by atoms with Gasteiger partial charge in [0.15, 0.2) is 0 Å². The number of nitrogens with zero attached hydrogens (tertiary/aromatic N) is 1. The van der Waals surface area contributed by atoms with Gasteiger partial charge in [0.05, 0.1) is 6.26 Å². The van der Waals surface area contributed by atoms with Crippen molar-refractivity contribution in [1.29, 1.82) is 0 Å². The third-order valence-corrected chi connectivity index (χ3v) is 5.33. The highest BCUT2D eigenvalue weighted by Gasteiger charge is 2.17. The molecule has 0 aliphatic rings. The maximum Gasteiger partial charge on any atom is 0.221 e. The minimum Gasteiger partial charge on any atom is -0.352 e. The molecule has 0 bridgehead atoms. The molecule has 2 rings (SSSR count). The summed E-state index contributed by atoms with van der Waals surface area (Å²) in [5.74, 6) is -0.999. The van der Waals surface area contributed by atoms with Crippen molar-refractivity contribution in [3.8, 4) is 0 Å². The zero-order valence-electron chi connectivity index (χ0n) is 15.0. The van der Waals surface area contributed by atoms with Gasteiger partial charge < -0.3 is 5.32 Å². The second kappa shape index (κ2) is 9.57. The third kappa shape index (κ3) is 7.44. The zero-order valence-corrected chi connectivity index (χ0v) is 15.8. The topological polar surface area (TPSA) is 66.5 Å². The molecule has 1 N–H and O–H groups in total. The number of amides is 1. The lowest BCUT2D eigenvalue weighted by Gasteiger charge is -2.19. The van der Waals surface area contributed by atoms with E-state index in [0.717, 1.165) is 17.4 Å². The molecule has 146 valence electrons. The van der Waals surface area contributed by atoms with Crippen molar-refractivity contribution < 1.29 is 22.0 Å². The Bertz CT molecular complexity index is 854. The molecule has 0 radical (unpaired) electrons. The highest BCUT2D eigenvalue weighted by atomic mass is 32.2. The van der Waals surface area contributed by atoms with Crippen LogP contribution < -0.4 is 5.32 Å². The van der Waals surface area contributed by atoms with Gasteiger partial charge >= 0.3 is 0 Å². The molecule has 0 saturated carbocycles. The quantitative estimate of drug-likeness (QED) is 0.708. The van der Waals surface area contributed by atoms with Gasteiger partial charge in [-0.25, -0.2) is 21.5 Å². The zero-order chi connectivity index (χ0) is 19.9. The van der Waals surface area contributed by atoms with E-state index in [1.54, 1.807) is 24.3 Å². The van der Waals surface area contributed by atoms with Gasteiger partial charge in [-0.1, -0.05) is 24.3 Å². The second-order valence-corrected chi connectivity index (χ2v) is 8.17. The average molecular weight is 396 g/mol. The summed E-state index contributed by atoms with van der Waals surface area (Å²) in [6.45, 7) is 0.499. The fourth-order valence-corrected chi connectivity index (χ4v) is 3.31. The van der Waals surface area contributed by atoms with Crippen molar-refractivity contribution in [2.75, 3.05) is 19.3 Å². The molecule has 0 saturated heterocycles. The fraction of sp³-hybridized carbons (Fsp3) is 0.316. The summed E-state index contributed by atoms with van der Waals surface area (Å²) in [4.78, 5) is 12.0. The largest absolute Gasteiger partial charge is 0.352 e. The first-order chi connectivity index (χ1) is 12.7. The van der Waals surface area contributed by atoms with Crippen LogP contribution in [-0.4, -0.2) is 38.0 Å². The lowest BCUT2D eigenvalue weighted by Crippen LogP contribution is -2.35. The van der Waals surface area contributed by atoms with E-state index in [-0.39, 0.29) is 43.6 Å². The molecule has 5 nitrogen and oxygen atoms in total. The molecule has 2 aromatic rings. The minimum absolute atomic E-state index is 0.0116. The SMILES string of the molecule is CS(=O)(=O)N(CCC(=O)NCc1ccc(F)cc1)CCc1ccc(F)cc1. The third-order valence-electron chi connectivity index (χ3n) is 4.02. The van der Waals surface area contributed by atoms with Crippen LogP contribution in [0.25, 0.3) is 0 Å². The Morgan fingerprint density at radius 1 is 0.926 bits per heavy atom. The summed E-state index contributed by atoms with van der Waals surface area (Å²) >= 11 is 0. The summed E-state index contributed by atoms with van der Waals surface area (Å²) in [5.41, 5.74) is 1.56. The summed E-state index contributed by atoms with van der Waals surface area (Å²) in [6.07, 6.45) is 1.52. The van der Waals surface area contributed by atoms with Crippen molar-refractivity contribution in [1.82, 2.24) is 9.62 Å². The van der Waals surface area contributed by atoms with Crippen molar-refractivity contribution in [3.63, 3.8) is 0 Å². The van der Waals surface area contributed by atoms with E-state index in [9.17, 15) is 22.0 Å². The molecular weight excluding hydrogens is 374 g/mol. The summed E-state index contributed by atoms with van der Waals surface area (Å²) in [5, 5.41) is 2.68. The maximum absolute atomic E-state index is 12.9. The van der Waals surface area contributed by atoms with Crippen LogP contribution in [0.2, 0.25) is 0 Å². The van der Waals surface area contributed by atoms with Crippen molar-refractivity contribution in [3.05, 3.63) is 71.3 Å². The highest BCUT2D eigenvalue weighted by molar-refractivity contribution is 7.88. The summed E-state index contributed by atoms with van der Waals surface area (Å²) < 4.78 is 50.9. The molecule has 0 unspecified atom stereocenters. The molecule has 0 fully saturated rings. The van der Waals surface area contributed by atoms with E-state index in [1.165, 1.54) is 28.6 Å². The van der Waals surface area contributed by atoms with Crippen molar-refractivity contribution >= 4 is 15.9 Å². The van der Waals surface area contributed by atoms with Crippen molar-refractivity contribution in [2.24, 2.45) is 0 Å². The van der Waals surface area contributed by atoms with Crippen molar-refractivity contribution in [2.45, 2.75) is 19.4 Å². The molecule has 0 atom stereocenters. The molecule has 0 spiro atoms. The molecule has 8 heteroatoms. The Balaban J connectivity index is 1.83. The van der Waals surface area contributed by atoms with Crippen LogP contribution in [0.1, 0.15) is 17.5 Å². The molecule has 1 amide bonds. The Morgan fingerprint density at radius 3 is 1.96 bits per heavy atom. The lowest BCUT2D eigenvalue weighted by atomic mass is 10.1. The van der Waals surface area contributed by atoms with Crippen LogP contribution in [0.4, 0.5) is 8.78 Å². The van der Waals surface area contributed by atoms with Crippen LogP contribution >= 0.6 is 0 Å². The number of sulfonamides is 1. The predicted octanol–water partition coefficient (Wildman–Crippen LogP) is 2.48. The average Bonchev–Trinajstić information content (AvgIpc) is 2.61. The van der Waals surface area contributed by atoms with E-state index in [0.29, 0.717) is 6.42 Å². The van der Waals surface area contributed by atoms with E-state index in [1.807, 2.05) is 0 Å². The van der Waals surface area contributed by atoms with E-state index >= 15 is 0 Å². The normalized spacial score (nSPS) is 11.6. The molecule has 0 aromatic heterocycles. The number of halogens is 2. The van der Waals surface area contributed by atoms with Gasteiger partial charge in [0, 0.05) is 26.1 Å². The molecule has 0 aliphatic heterocycles. The number of rotatable bonds is 9. The molecular formula is C19H22F2N2O3S. The van der Waals surface area contributed by atoms with Gasteiger partial charge in [-0.2, -0.15) is 0 Å². The molecule has 2 aromatic carbocycles. The van der Waals surface area contributed by atoms with Crippen LogP contribution in [0.3, 0.4) is 0 Å². The lowest BCUT2D eigenvalue weighted by molar-refractivity contribution is -0.121. The fourth-order valence-electron chi connectivity index (χ4n) is 2.47. The van der Waals surface area contributed by atoms with Gasteiger partial charge in [-0.15, -0.1) is 0 Å². The summed E-state index contributed by atoms with van der Waals surface area (Å²) in [6, 6.07) is 11.6. The van der Waals surface area contributed by atoms with E-state index in [2.05, 4.69) is 5.32 Å². The molecule has 0 heterocycles. The Morgan fingerprint density at radius 2 is 1.44 bits per heavy atom. The van der Waals surface area contributed by atoms with Gasteiger partial charge in [-0.3, -0.25) is 4.79 Å². The van der Waals surface area contributed by atoms with Gasteiger partial charge in [-0.05, 0) is 41.8 Å². The number of carbonyl (C=O) groups is 1. The van der Waals surface area contributed by atoms with E-state index in [4.69, 9.17) is 0 Å². The first-order valence-corrected chi connectivity index (χ1v) is 10.3. The Kier molecular flexibility index (Phi) is 7.44. The van der Waals surface area contributed by atoms with Crippen LogP contribution in [0.15, 0.2) is 48.5 Å². The first kappa shape index (κ1) is 21.0. The number of hydrogen-bond donors (Lipinski definition) is 1.